The molecule has 5 N–H and O–H groups in total. The van der Waals surface area contributed by atoms with Crippen molar-refractivity contribution in [1.29, 1.82) is 0 Å². The maximum absolute atomic E-state index is 12.7. The molecule has 3 saturated carbocycles. The average molecular weight is 478 g/mol. The number of rotatable bonds is 6. The summed E-state index contributed by atoms with van der Waals surface area (Å²) in [6.07, 6.45) is -7.61. The molecular weight excluding hydrogens is 452 g/mol. The van der Waals surface area contributed by atoms with Gasteiger partial charge in [-0.1, -0.05) is 18.2 Å². The van der Waals surface area contributed by atoms with E-state index in [1.165, 1.54) is 0 Å². The molecule has 3 heterocycles. The second-order valence-corrected chi connectivity index (χ2v) is 10.4. The maximum atomic E-state index is 12.7. The summed E-state index contributed by atoms with van der Waals surface area (Å²) in [5.41, 5.74) is -3.40. The molecular formula is C23H26O11. The standard InChI is InChI=1S/C23H26O11/c1-19-21(32-17-15(27)14(26)13(25)11(8-24)31-17)7-12-20(21,22(19)18(33-19)34-23(12,22)29)9-30-16(28)10-5-3-2-4-6-10/h2-6,11-15,17-18,24-27,29H,7-9H2,1H3/t11?,12-,13?,14?,15?,17?,18?,19-,20-,21-,22+,23+/m1/s1. The number of aliphatic hydroxyl groups excluding tert-OH is 4. The molecule has 6 aliphatic rings. The Bertz CT molecular complexity index is 1070. The Balaban J connectivity index is 1.20. The fraction of sp³-hybridized carbons (Fsp3) is 0.696. The van der Waals surface area contributed by atoms with Crippen LogP contribution in [-0.2, 0) is 23.7 Å². The van der Waals surface area contributed by atoms with Crippen LogP contribution in [0.3, 0.4) is 0 Å². The summed E-state index contributed by atoms with van der Waals surface area (Å²) in [4.78, 5) is 12.7. The summed E-state index contributed by atoms with van der Waals surface area (Å²) in [6.45, 7) is 1.13. The van der Waals surface area contributed by atoms with Gasteiger partial charge in [-0.3, -0.25) is 0 Å². The number of aliphatic hydroxyl groups is 5. The number of esters is 1. The molecule has 1 aromatic rings. The highest BCUT2D eigenvalue weighted by Gasteiger charge is 3.18. The van der Waals surface area contributed by atoms with Crippen molar-refractivity contribution in [2.24, 2.45) is 16.7 Å². The summed E-state index contributed by atoms with van der Waals surface area (Å²) in [7, 11) is 0. The van der Waals surface area contributed by atoms with Crippen molar-refractivity contribution < 1.29 is 54.0 Å². The lowest BCUT2D eigenvalue weighted by atomic mass is 9.08. The van der Waals surface area contributed by atoms with E-state index in [1.54, 1.807) is 37.3 Å². The molecule has 7 rings (SSSR count). The number of ether oxygens (including phenoxy) is 5. The Morgan fingerprint density at radius 1 is 1.12 bits per heavy atom. The lowest BCUT2D eigenvalue weighted by Gasteiger charge is -3.05. The molecule has 1 spiro atoms. The minimum atomic E-state index is -1.60. The van der Waals surface area contributed by atoms with Crippen LogP contribution in [0, 0.1) is 16.7 Å². The monoisotopic (exact) mass is 478 g/mol. The third kappa shape index (κ3) is 1.77. The quantitative estimate of drug-likeness (QED) is 0.295. The molecule has 0 radical (unpaired) electrons. The molecule has 6 fully saturated rings. The Morgan fingerprint density at radius 3 is 2.53 bits per heavy atom. The van der Waals surface area contributed by atoms with Crippen molar-refractivity contribution in [1.82, 2.24) is 0 Å². The third-order valence-electron chi connectivity index (χ3n) is 9.66. The lowest BCUT2D eigenvalue weighted by Crippen LogP contribution is -3.20. The van der Waals surface area contributed by atoms with Gasteiger partial charge in [0.1, 0.15) is 47.6 Å². The van der Waals surface area contributed by atoms with E-state index < -0.39 is 77.4 Å². The molecule has 11 nitrogen and oxygen atoms in total. The third-order valence-corrected chi connectivity index (χ3v) is 9.66. The van der Waals surface area contributed by atoms with Gasteiger partial charge in [-0.2, -0.15) is 0 Å². The number of hydrogen-bond acceptors (Lipinski definition) is 11. The van der Waals surface area contributed by atoms with E-state index in [9.17, 15) is 30.3 Å². The normalized spacial score (nSPS) is 57.4. The molecule has 11 heteroatoms. The SMILES string of the molecule is C[C@@]12OC3O[C@@]4(O)[C@@H]5C[C@]1(OC1OC(CO)C(O)C(O)C1O)[C@]5(COC(=O)c1ccccc1)[C@]324. The zero-order chi connectivity index (χ0) is 23.9. The van der Waals surface area contributed by atoms with E-state index in [1.807, 2.05) is 0 Å². The van der Waals surface area contributed by atoms with E-state index in [-0.39, 0.29) is 18.9 Å². The van der Waals surface area contributed by atoms with E-state index in [0.717, 1.165) is 0 Å². The molecule has 0 aromatic heterocycles. The van der Waals surface area contributed by atoms with Crippen molar-refractivity contribution in [3.63, 3.8) is 0 Å². The first-order valence-corrected chi connectivity index (χ1v) is 11.4. The van der Waals surface area contributed by atoms with Crippen LogP contribution in [-0.4, -0.2) is 98.7 Å². The highest BCUT2D eigenvalue weighted by molar-refractivity contribution is 5.89. The molecule has 3 aliphatic heterocycles. The number of hydrogen-bond donors (Lipinski definition) is 5. The summed E-state index contributed by atoms with van der Waals surface area (Å²) in [5.74, 6) is -2.32. The van der Waals surface area contributed by atoms with Gasteiger partial charge in [-0.15, -0.1) is 0 Å². The smallest absolute Gasteiger partial charge is 0.338 e. The van der Waals surface area contributed by atoms with Crippen molar-refractivity contribution in [2.45, 2.75) is 67.3 Å². The molecule has 12 atom stereocenters. The molecule has 34 heavy (non-hydrogen) atoms. The highest BCUT2D eigenvalue weighted by atomic mass is 16.8. The van der Waals surface area contributed by atoms with E-state index in [0.29, 0.717) is 5.56 Å². The predicted molar refractivity (Wildman–Crippen MR) is 107 cm³/mol. The maximum Gasteiger partial charge on any atom is 0.338 e. The van der Waals surface area contributed by atoms with Gasteiger partial charge in [-0.05, 0) is 25.5 Å². The van der Waals surface area contributed by atoms with Crippen molar-refractivity contribution >= 4 is 5.97 Å². The molecule has 1 aromatic carbocycles. The first-order valence-electron chi connectivity index (χ1n) is 11.4. The second-order valence-electron chi connectivity index (χ2n) is 10.4. The van der Waals surface area contributed by atoms with Crippen LogP contribution in [0.15, 0.2) is 30.3 Å². The Labute approximate surface area is 193 Å². The molecule has 0 bridgehead atoms. The van der Waals surface area contributed by atoms with Gasteiger partial charge in [0.2, 0.25) is 0 Å². The Morgan fingerprint density at radius 2 is 1.85 bits per heavy atom. The number of fused-ring (bicyclic) bond motifs is 2. The molecule has 3 saturated heterocycles. The second kappa shape index (κ2) is 6.17. The van der Waals surface area contributed by atoms with E-state index >= 15 is 0 Å². The largest absolute Gasteiger partial charge is 0.461 e. The summed E-state index contributed by atoms with van der Waals surface area (Å²) in [5, 5.41) is 51.6. The molecule has 6 unspecified atom stereocenters. The van der Waals surface area contributed by atoms with Crippen LogP contribution in [0.5, 0.6) is 0 Å². The fourth-order valence-electron chi connectivity index (χ4n) is 8.25. The average Bonchev–Trinajstić information content (AvgIpc) is 2.82. The van der Waals surface area contributed by atoms with Gasteiger partial charge in [0.25, 0.3) is 0 Å². The van der Waals surface area contributed by atoms with E-state index in [2.05, 4.69) is 0 Å². The first kappa shape index (κ1) is 21.6. The summed E-state index contributed by atoms with van der Waals surface area (Å²) >= 11 is 0. The number of benzene rings is 1. The van der Waals surface area contributed by atoms with E-state index in [4.69, 9.17) is 23.7 Å². The summed E-state index contributed by atoms with van der Waals surface area (Å²) in [6, 6.07) is 8.53. The van der Waals surface area contributed by atoms with Gasteiger partial charge < -0.3 is 49.2 Å². The zero-order valence-corrected chi connectivity index (χ0v) is 18.2. The molecule has 3 aliphatic carbocycles. The van der Waals surface area contributed by atoms with Crippen LogP contribution in [0.25, 0.3) is 0 Å². The number of carbonyl (C=O) groups excluding carboxylic acids is 1. The number of carbonyl (C=O) groups is 1. The topological polar surface area (TPSA) is 164 Å². The lowest BCUT2D eigenvalue weighted by molar-refractivity contribution is -0.792. The molecule has 0 amide bonds. The van der Waals surface area contributed by atoms with Gasteiger partial charge in [-0.25, -0.2) is 4.79 Å². The highest BCUT2D eigenvalue weighted by Crippen LogP contribution is 3.03. The van der Waals surface area contributed by atoms with Crippen LogP contribution in [0.1, 0.15) is 23.7 Å². The van der Waals surface area contributed by atoms with Crippen molar-refractivity contribution in [2.75, 3.05) is 13.2 Å². The summed E-state index contributed by atoms with van der Waals surface area (Å²) < 4.78 is 29.2. The van der Waals surface area contributed by atoms with Gasteiger partial charge in [0, 0.05) is 5.92 Å². The fourth-order valence-corrected chi connectivity index (χ4v) is 8.25. The van der Waals surface area contributed by atoms with Crippen LogP contribution in [0.2, 0.25) is 0 Å². The zero-order valence-electron chi connectivity index (χ0n) is 18.2. The predicted octanol–water partition coefficient (Wildman–Crippen LogP) is -1.75. The van der Waals surface area contributed by atoms with Gasteiger partial charge >= 0.3 is 5.97 Å². The van der Waals surface area contributed by atoms with Crippen LogP contribution in [0.4, 0.5) is 0 Å². The van der Waals surface area contributed by atoms with Crippen LogP contribution < -0.4 is 0 Å². The van der Waals surface area contributed by atoms with Crippen molar-refractivity contribution in [3.8, 4) is 0 Å². The Hall–Kier alpha value is -1.67. The van der Waals surface area contributed by atoms with Gasteiger partial charge in [0.05, 0.1) is 17.6 Å². The minimum absolute atomic E-state index is 0.0655. The van der Waals surface area contributed by atoms with Crippen molar-refractivity contribution in [3.05, 3.63) is 35.9 Å². The first-order chi connectivity index (χ1) is 16.1. The van der Waals surface area contributed by atoms with Gasteiger partial charge in [0.15, 0.2) is 18.4 Å². The minimum Gasteiger partial charge on any atom is -0.461 e. The Kier molecular flexibility index (Phi) is 3.92. The molecule has 184 valence electrons. The van der Waals surface area contributed by atoms with Crippen LogP contribution >= 0.6 is 0 Å².